The number of hydrogen-bond donors (Lipinski definition) is 0. The first kappa shape index (κ1) is 37.9. The van der Waals surface area contributed by atoms with Crippen LogP contribution in [0.5, 0.6) is 0 Å². The highest BCUT2D eigenvalue weighted by atomic mass is 32.2. The van der Waals surface area contributed by atoms with Crippen molar-refractivity contribution in [2.24, 2.45) is 0 Å². The predicted molar refractivity (Wildman–Crippen MR) is 192 cm³/mol. The molecule has 1 aliphatic rings. The Hall–Kier alpha value is -4.32. The molecule has 1 heterocycles. The molecule has 3 atom stereocenters. The van der Waals surface area contributed by atoms with Crippen LogP contribution in [0.4, 0.5) is 11.4 Å². The summed E-state index contributed by atoms with van der Waals surface area (Å²) in [6, 6.07) is 28.5. The fraction of sp³-hybridized carbons (Fsp3) is 0.286. The van der Waals surface area contributed by atoms with Crippen molar-refractivity contribution in [3.05, 3.63) is 146 Å². The van der Waals surface area contributed by atoms with Gasteiger partial charge in [0.1, 0.15) is 24.9 Å². The highest BCUT2D eigenvalue weighted by molar-refractivity contribution is 8.16. The van der Waals surface area contributed by atoms with Gasteiger partial charge in [-0.3, -0.25) is 24.4 Å². The third kappa shape index (κ3) is 10.4. The van der Waals surface area contributed by atoms with E-state index in [0.717, 1.165) is 47.5 Å². The molecule has 0 saturated carbocycles. The molecule has 0 unspecified atom stereocenters. The number of thioether (sulfide) groups is 2. The van der Waals surface area contributed by atoms with Gasteiger partial charge in [-0.25, -0.2) is 4.79 Å². The number of nitro groups is 2. The number of hydrogen-bond acceptors (Lipinski definition) is 13. The first-order chi connectivity index (χ1) is 24.3. The normalized spacial score (nSPS) is 17.5. The fourth-order valence-corrected chi connectivity index (χ4v) is 8.91. The van der Waals surface area contributed by atoms with Crippen LogP contribution in [0.1, 0.15) is 35.3 Å². The van der Waals surface area contributed by atoms with Crippen LogP contribution in [-0.2, 0) is 40.0 Å². The lowest BCUT2D eigenvalue weighted by Gasteiger charge is -2.30. The molecule has 0 N–H and O–H groups in total. The molecular weight excluding hydrogens is 721 g/mol. The van der Waals surface area contributed by atoms with Crippen molar-refractivity contribution in [1.29, 1.82) is 0 Å². The standard InChI is InChI=1S/C35H34N2O11S3/c1-35(2)46-31(32(47-35)34(49-22-24-9-5-3-6-10-24)50-23-25-11-7-4-8-12-25)30(21-45-33(38)26-13-15-27(16-14-26)36(39)40)48-51(43,44)29-19-17-28(18-20-29)37(41)42/h3-20,30-32,34H,21-23H2,1-2H3/t30-,31+,32+/m1/s1. The van der Waals surface area contributed by atoms with Crippen LogP contribution in [0.2, 0.25) is 0 Å². The number of esters is 1. The number of ether oxygens (including phenoxy) is 3. The Labute approximate surface area is 303 Å². The maximum Gasteiger partial charge on any atom is 0.338 e. The van der Waals surface area contributed by atoms with Crippen LogP contribution < -0.4 is 0 Å². The van der Waals surface area contributed by atoms with Gasteiger partial charge < -0.3 is 14.2 Å². The summed E-state index contributed by atoms with van der Waals surface area (Å²) < 4.78 is 51.1. The number of benzene rings is 4. The van der Waals surface area contributed by atoms with Crippen LogP contribution in [0.25, 0.3) is 0 Å². The van der Waals surface area contributed by atoms with Crippen molar-refractivity contribution >= 4 is 51.0 Å². The first-order valence-electron chi connectivity index (χ1n) is 15.6. The second kappa shape index (κ2) is 16.8. The molecule has 4 aromatic rings. The Morgan fingerprint density at radius 2 is 1.24 bits per heavy atom. The van der Waals surface area contributed by atoms with Crippen LogP contribution in [0.15, 0.2) is 114 Å². The largest absolute Gasteiger partial charge is 0.459 e. The highest BCUT2D eigenvalue weighted by Gasteiger charge is 2.51. The number of carbonyl (C=O) groups is 1. The van der Waals surface area contributed by atoms with E-state index in [4.69, 9.17) is 18.4 Å². The molecule has 0 bridgehead atoms. The van der Waals surface area contributed by atoms with Crippen LogP contribution in [-0.4, -0.2) is 59.5 Å². The van der Waals surface area contributed by atoms with E-state index in [9.17, 15) is 33.4 Å². The lowest BCUT2D eigenvalue weighted by molar-refractivity contribution is -0.385. The molecule has 4 aromatic carbocycles. The SMILES string of the molecule is CC1(C)O[C@@H]([C@@H](COC(=O)c2ccc([N+](=O)[O-])cc2)OS(=O)(=O)c2ccc([N+](=O)[O-])cc2)[C@@H](C(SCc2ccccc2)SCc2ccccc2)O1. The van der Waals surface area contributed by atoms with E-state index < -0.39 is 56.6 Å². The van der Waals surface area contributed by atoms with Gasteiger partial charge in [0.05, 0.1) is 24.9 Å². The van der Waals surface area contributed by atoms with Crippen molar-refractivity contribution < 1.29 is 41.5 Å². The van der Waals surface area contributed by atoms with Gasteiger partial charge in [-0.2, -0.15) is 8.42 Å². The Bertz CT molecular complexity index is 1870. The molecule has 13 nitrogen and oxygen atoms in total. The molecule has 0 radical (unpaired) electrons. The van der Waals surface area contributed by atoms with E-state index in [1.165, 1.54) is 12.1 Å². The molecule has 5 rings (SSSR count). The Morgan fingerprint density at radius 1 is 0.765 bits per heavy atom. The van der Waals surface area contributed by atoms with Crippen molar-refractivity contribution in [2.45, 2.75) is 58.9 Å². The predicted octanol–water partition coefficient (Wildman–Crippen LogP) is 7.15. The minimum absolute atomic E-state index is 0.00671. The van der Waals surface area contributed by atoms with Gasteiger partial charge in [0.15, 0.2) is 5.79 Å². The summed E-state index contributed by atoms with van der Waals surface area (Å²) in [6.45, 7) is 2.76. The second-order valence-electron chi connectivity index (χ2n) is 11.8. The first-order valence-corrected chi connectivity index (χ1v) is 19.1. The van der Waals surface area contributed by atoms with Gasteiger partial charge in [0, 0.05) is 35.8 Å². The lowest BCUT2D eigenvalue weighted by atomic mass is 10.1. The van der Waals surface area contributed by atoms with E-state index in [-0.39, 0.29) is 26.4 Å². The highest BCUT2D eigenvalue weighted by Crippen LogP contribution is 2.43. The van der Waals surface area contributed by atoms with Crippen molar-refractivity contribution in [1.82, 2.24) is 0 Å². The maximum atomic E-state index is 13.7. The molecule has 0 amide bonds. The third-order valence-corrected chi connectivity index (χ3v) is 12.0. The number of nitro benzene ring substituents is 2. The van der Waals surface area contributed by atoms with E-state index in [1.54, 1.807) is 37.4 Å². The summed E-state index contributed by atoms with van der Waals surface area (Å²) in [5, 5.41) is 22.3. The Balaban J connectivity index is 1.46. The molecule has 0 spiro atoms. The smallest absolute Gasteiger partial charge is 0.338 e. The average molecular weight is 755 g/mol. The second-order valence-corrected chi connectivity index (χ2v) is 15.9. The molecule has 1 fully saturated rings. The van der Waals surface area contributed by atoms with E-state index in [2.05, 4.69) is 0 Å². The maximum absolute atomic E-state index is 13.7. The zero-order valence-electron chi connectivity index (χ0n) is 27.4. The Kier molecular flexibility index (Phi) is 12.5. The summed E-state index contributed by atoms with van der Waals surface area (Å²) >= 11 is 3.17. The summed E-state index contributed by atoms with van der Waals surface area (Å²) in [4.78, 5) is 33.8. The van der Waals surface area contributed by atoms with E-state index in [0.29, 0.717) is 11.5 Å². The van der Waals surface area contributed by atoms with E-state index in [1.807, 2.05) is 60.7 Å². The van der Waals surface area contributed by atoms with Crippen molar-refractivity contribution in [2.75, 3.05) is 6.61 Å². The lowest BCUT2D eigenvalue weighted by Crippen LogP contribution is -2.45. The zero-order valence-corrected chi connectivity index (χ0v) is 29.9. The van der Waals surface area contributed by atoms with Gasteiger partial charge in [0.2, 0.25) is 0 Å². The van der Waals surface area contributed by atoms with Gasteiger partial charge in [0.25, 0.3) is 21.5 Å². The van der Waals surface area contributed by atoms with Gasteiger partial charge in [-0.05, 0) is 49.2 Å². The molecule has 0 aliphatic carbocycles. The molecule has 51 heavy (non-hydrogen) atoms. The minimum atomic E-state index is -4.60. The van der Waals surface area contributed by atoms with Gasteiger partial charge >= 0.3 is 5.97 Å². The quantitative estimate of drug-likeness (QED) is 0.0371. The molecule has 268 valence electrons. The summed E-state index contributed by atoms with van der Waals surface area (Å²) in [5.74, 6) is -0.881. The number of rotatable bonds is 16. The minimum Gasteiger partial charge on any atom is -0.459 e. The summed E-state index contributed by atoms with van der Waals surface area (Å²) in [5.41, 5.74) is 1.58. The number of carbonyl (C=O) groups excluding carboxylic acids is 1. The average Bonchev–Trinajstić information content (AvgIpc) is 3.45. The van der Waals surface area contributed by atoms with Crippen molar-refractivity contribution in [3.8, 4) is 0 Å². The third-order valence-electron chi connectivity index (χ3n) is 7.59. The number of nitrogens with zero attached hydrogens (tertiary/aromatic N) is 2. The zero-order chi connectivity index (χ0) is 36.6. The Morgan fingerprint density at radius 3 is 1.73 bits per heavy atom. The van der Waals surface area contributed by atoms with Gasteiger partial charge in [-0.1, -0.05) is 60.7 Å². The summed E-state index contributed by atoms with van der Waals surface area (Å²) in [6.07, 6.45) is -3.32. The monoisotopic (exact) mass is 754 g/mol. The molecular formula is C35H34N2O11S3. The van der Waals surface area contributed by atoms with Crippen LogP contribution >= 0.6 is 23.5 Å². The molecule has 1 saturated heterocycles. The molecule has 0 aromatic heterocycles. The van der Waals surface area contributed by atoms with Crippen molar-refractivity contribution in [3.63, 3.8) is 0 Å². The molecule has 16 heteroatoms. The van der Waals surface area contributed by atoms with Crippen LogP contribution in [0.3, 0.4) is 0 Å². The van der Waals surface area contributed by atoms with E-state index >= 15 is 0 Å². The number of non-ortho nitro benzene ring substituents is 2. The molecule has 1 aliphatic heterocycles. The van der Waals surface area contributed by atoms with Gasteiger partial charge in [-0.15, -0.1) is 23.5 Å². The topological polar surface area (TPSA) is 174 Å². The van der Waals surface area contributed by atoms with Crippen LogP contribution in [0, 0.1) is 20.2 Å². The summed E-state index contributed by atoms with van der Waals surface area (Å²) in [7, 11) is -4.60. The fourth-order valence-electron chi connectivity index (χ4n) is 5.15.